The van der Waals surface area contributed by atoms with E-state index in [0.717, 1.165) is 9.13 Å². The number of benzene rings is 1. The van der Waals surface area contributed by atoms with Gasteiger partial charge in [0.1, 0.15) is 24.9 Å². The van der Waals surface area contributed by atoms with Crippen LogP contribution in [0.5, 0.6) is 0 Å². The van der Waals surface area contributed by atoms with E-state index >= 15 is 0 Å². The van der Waals surface area contributed by atoms with Gasteiger partial charge in [0.05, 0.1) is 12.2 Å². The Balaban J connectivity index is 1.69. The molecule has 1 unspecified atom stereocenters. The van der Waals surface area contributed by atoms with Crippen molar-refractivity contribution in [2.24, 2.45) is 12.2 Å². The van der Waals surface area contributed by atoms with E-state index in [2.05, 4.69) is 9.68 Å². The van der Waals surface area contributed by atoms with E-state index in [9.17, 15) is 33.8 Å². The fraction of sp³-hybridized carbons (Fsp3) is 0.421. The lowest BCUT2D eigenvalue weighted by Gasteiger charge is -2.19. The van der Waals surface area contributed by atoms with Crippen LogP contribution in [0.1, 0.15) is 22.1 Å². The zero-order chi connectivity index (χ0) is 27.5. The molecule has 3 rings (SSSR count). The molecule has 16 nitrogen and oxygen atoms in total. The van der Waals surface area contributed by atoms with Gasteiger partial charge in [0.25, 0.3) is 0 Å². The quantitative estimate of drug-likeness (QED) is 0.148. The van der Waals surface area contributed by atoms with Crippen LogP contribution >= 0.6 is 15.2 Å². The zero-order valence-electron chi connectivity index (χ0n) is 19.2. The maximum absolute atomic E-state index is 12.8. The molecule has 0 radical (unpaired) electrons. The van der Waals surface area contributed by atoms with Crippen molar-refractivity contribution in [1.29, 1.82) is 0 Å². The average Bonchev–Trinajstić information content (AvgIpc) is 3.08. The van der Waals surface area contributed by atoms with Crippen LogP contribution in [0.2, 0.25) is 0 Å². The number of aliphatic hydroxyl groups is 2. The van der Waals surface area contributed by atoms with Crippen molar-refractivity contribution in [3.8, 4) is 0 Å². The van der Waals surface area contributed by atoms with Crippen molar-refractivity contribution in [2.75, 3.05) is 12.5 Å². The number of carboxylic acids is 1. The molecule has 2 aromatic rings. The minimum atomic E-state index is -4.86. The van der Waals surface area contributed by atoms with Crippen LogP contribution < -0.4 is 11.2 Å². The van der Waals surface area contributed by atoms with Gasteiger partial charge < -0.3 is 44.1 Å². The standard InChI is InChI=1S/C19H25N3O13P2/c1-21-14(20-33-8-11-2-4-12(5-3-11)18(25)26)6-7-22(19(21)27)17-16(24)15(23)13(35-17)9-34-37(31,32)10-36(28,29)30/h2-7,13,15-17,23-24H,8-10H2,1H3,(H,25,26)(H,31,32)(H2,28,29,30)/t13-,15-,16-,17-/m1/s1. The Kier molecular flexibility index (Phi) is 8.90. The van der Waals surface area contributed by atoms with Crippen molar-refractivity contribution < 1.29 is 58.0 Å². The zero-order valence-corrected chi connectivity index (χ0v) is 21.0. The van der Waals surface area contributed by atoms with Gasteiger partial charge in [0.2, 0.25) is 0 Å². The Morgan fingerprint density at radius 1 is 1.11 bits per heavy atom. The predicted molar refractivity (Wildman–Crippen MR) is 122 cm³/mol. The highest BCUT2D eigenvalue weighted by atomic mass is 31.2. The second-order valence-corrected chi connectivity index (χ2v) is 12.1. The van der Waals surface area contributed by atoms with Crippen molar-refractivity contribution in [1.82, 2.24) is 9.13 Å². The highest BCUT2D eigenvalue weighted by Crippen LogP contribution is 2.55. The van der Waals surface area contributed by atoms with Crippen LogP contribution in [-0.4, -0.2) is 75.9 Å². The Morgan fingerprint density at radius 2 is 1.76 bits per heavy atom. The Morgan fingerprint density at radius 3 is 2.35 bits per heavy atom. The van der Waals surface area contributed by atoms with Gasteiger partial charge in [-0.1, -0.05) is 17.3 Å². The Bertz CT molecular complexity index is 1350. The first-order valence-corrected chi connectivity index (χ1v) is 14.0. The highest BCUT2D eigenvalue weighted by Gasteiger charge is 2.45. The maximum Gasteiger partial charge on any atom is 0.340 e. The topological polar surface area (TPSA) is 240 Å². The number of nitrogens with zero attached hydrogens (tertiary/aromatic N) is 3. The summed E-state index contributed by atoms with van der Waals surface area (Å²) < 4.78 is 34.8. The minimum Gasteiger partial charge on any atom is -0.478 e. The summed E-state index contributed by atoms with van der Waals surface area (Å²) in [5.41, 5.74) is 0.0814. The SMILES string of the molecule is Cn1c(=NOCc2ccc(C(=O)O)cc2)ccn([C@@H]2O[C@H](COP(=O)(O)CP(=O)(O)O)[C@@H](O)[C@H]2O)c1=O. The summed E-state index contributed by atoms with van der Waals surface area (Å²) in [6, 6.07) is 7.24. The first kappa shape index (κ1) is 28.9. The lowest BCUT2D eigenvalue weighted by Crippen LogP contribution is -2.42. The second-order valence-electron chi connectivity index (χ2n) is 8.08. The summed E-state index contributed by atoms with van der Waals surface area (Å²) in [4.78, 5) is 56.2. The number of aromatic carboxylic acids is 1. The van der Waals surface area contributed by atoms with E-state index < -0.39 is 63.9 Å². The monoisotopic (exact) mass is 565 g/mol. The molecule has 1 aliphatic rings. The number of carboxylic acid groups (broad SMARTS) is 1. The van der Waals surface area contributed by atoms with E-state index in [-0.39, 0.29) is 17.7 Å². The molecule has 0 spiro atoms. The fourth-order valence-corrected chi connectivity index (χ4v) is 5.92. The summed E-state index contributed by atoms with van der Waals surface area (Å²) in [6.45, 7) is -0.809. The largest absolute Gasteiger partial charge is 0.478 e. The molecule has 1 aliphatic heterocycles. The summed E-state index contributed by atoms with van der Waals surface area (Å²) in [6.07, 6.45) is -4.92. The molecule has 2 heterocycles. The smallest absolute Gasteiger partial charge is 0.340 e. The molecule has 1 aromatic carbocycles. The predicted octanol–water partition coefficient (Wildman–Crippen LogP) is -1.13. The summed E-state index contributed by atoms with van der Waals surface area (Å²) in [7, 11) is -8.24. The molecule has 37 heavy (non-hydrogen) atoms. The highest BCUT2D eigenvalue weighted by molar-refractivity contribution is 7.70. The van der Waals surface area contributed by atoms with Gasteiger partial charge in [0, 0.05) is 19.3 Å². The van der Waals surface area contributed by atoms with Crippen LogP contribution in [0.25, 0.3) is 0 Å². The number of rotatable bonds is 10. The summed E-state index contributed by atoms with van der Waals surface area (Å²) in [5.74, 6) is -2.51. The Labute approximate surface area is 208 Å². The number of ether oxygens (including phenoxy) is 1. The molecule has 1 fully saturated rings. The van der Waals surface area contributed by atoms with Gasteiger partial charge in [-0.25, -0.2) is 9.59 Å². The average molecular weight is 565 g/mol. The molecule has 204 valence electrons. The molecule has 0 bridgehead atoms. The van der Waals surface area contributed by atoms with Crippen LogP contribution in [0.4, 0.5) is 0 Å². The Hall–Kier alpha value is -2.65. The van der Waals surface area contributed by atoms with Gasteiger partial charge in [-0.2, -0.15) is 0 Å². The van der Waals surface area contributed by atoms with Crippen molar-refractivity contribution in [3.05, 3.63) is 63.6 Å². The van der Waals surface area contributed by atoms with Crippen molar-refractivity contribution in [2.45, 2.75) is 31.1 Å². The lowest BCUT2D eigenvalue weighted by atomic mass is 10.1. The van der Waals surface area contributed by atoms with E-state index in [1.165, 1.54) is 31.4 Å². The molecular formula is C19H25N3O13P2. The normalized spacial score (nSPS) is 24.1. The lowest BCUT2D eigenvalue weighted by molar-refractivity contribution is -0.0530. The van der Waals surface area contributed by atoms with E-state index in [1.807, 2.05) is 0 Å². The summed E-state index contributed by atoms with van der Waals surface area (Å²) >= 11 is 0. The third kappa shape index (κ3) is 7.45. The second kappa shape index (κ2) is 11.4. The van der Waals surface area contributed by atoms with Gasteiger partial charge >= 0.3 is 26.9 Å². The maximum atomic E-state index is 12.8. The minimum absolute atomic E-state index is 0.0158. The van der Waals surface area contributed by atoms with Crippen LogP contribution in [0.3, 0.4) is 0 Å². The molecular weight excluding hydrogens is 540 g/mol. The van der Waals surface area contributed by atoms with E-state index in [4.69, 9.17) is 24.5 Å². The van der Waals surface area contributed by atoms with Crippen LogP contribution in [-0.2, 0) is 36.9 Å². The van der Waals surface area contributed by atoms with Crippen molar-refractivity contribution >= 4 is 21.2 Å². The molecule has 5 atom stereocenters. The van der Waals surface area contributed by atoms with Gasteiger partial charge in [-0.05, 0) is 17.7 Å². The van der Waals surface area contributed by atoms with Gasteiger partial charge in [-0.15, -0.1) is 0 Å². The van der Waals surface area contributed by atoms with E-state index in [1.54, 1.807) is 12.1 Å². The molecule has 1 saturated heterocycles. The van der Waals surface area contributed by atoms with Crippen molar-refractivity contribution in [3.63, 3.8) is 0 Å². The first-order valence-electron chi connectivity index (χ1n) is 10.5. The molecule has 0 saturated carbocycles. The molecule has 0 aliphatic carbocycles. The third-order valence-corrected chi connectivity index (χ3v) is 8.70. The number of aromatic nitrogens is 2. The first-order chi connectivity index (χ1) is 17.2. The molecule has 1 aromatic heterocycles. The number of hydrogen-bond acceptors (Lipinski definition) is 10. The number of aliphatic hydroxyl groups excluding tert-OH is 2. The number of carbonyl (C=O) groups is 1. The van der Waals surface area contributed by atoms with Gasteiger partial charge in [-0.3, -0.25) is 18.3 Å². The number of hydrogen-bond donors (Lipinski definition) is 6. The fourth-order valence-electron chi connectivity index (χ4n) is 3.36. The van der Waals surface area contributed by atoms with E-state index in [0.29, 0.717) is 5.56 Å². The van der Waals surface area contributed by atoms with Crippen LogP contribution in [0.15, 0.2) is 46.5 Å². The molecule has 18 heteroatoms. The molecule has 6 N–H and O–H groups in total. The molecule has 0 amide bonds. The summed E-state index contributed by atoms with van der Waals surface area (Å²) in [5, 5.41) is 33.4. The third-order valence-electron chi connectivity index (χ3n) is 5.24. The van der Waals surface area contributed by atoms with Crippen LogP contribution in [0, 0.1) is 0 Å². The van der Waals surface area contributed by atoms with Gasteiger partial charge in [0.15, 0.2) is 17.6 Å².